The van der Waals surface area contributed by atoms with Crippen LogP contribution in [0, 0.1) is 13.8 Å². The number of aliphatic carboxylic acids is 1. The average Bonchev–Trinajstić information content (AvgIpc) is 2.44. The second kappa shape index (κ2) is 6.64. The average molecular weight is 305 g/mol. The first kappa shape index (κ1) is 15.4. The van der Waals surface area contributed by atoms with Gasteiger partial charge in [0.2, 0.25) is 0 Å². The molecule has 2 aromatic carbocycles. The van der Waals surface area contributed by atoms with Crippen LogP contribution in [0.4, 0.5) is 0 Å². The van der Waals surface area contributed by atoms with Gasteiger partial charge in [-0.05, 0) is 43.2 Å². The van der Waals surface area contributed by atoms with Gasteiger partial charge in [-0.1, -0.05) is 41.4 Å². The van der Waals surface area contributed by atoms with Crippen LogP contribution in [0.3, 0.4) is 0 Å². The molecule has 0 saturated carbocycles. The molecule has 0 unspecified atom stereocenters. The van der Waals surface area contributed by atoms with E-state index in [0.717, 1.165) is 16.7 Å². The van der Waals surface area contributed by atoms with Crippen LogP contribution in [0.2, 0.25) is 5.02 Å². The van der Waals surface area contributed by atoms with Gasteiger partial charge in [-0.2, -0.15) is 0 Å². The third kappa shape index (κ3) is 4.23. The lowest BCUT2D eigenvalue weighted by Gasteiger charge is -2.16. The molecule has 0 fully saturated rings. The Balaban J connectivity index is 2.13. The molecule has 1 atom stereocenters. The third-order valence-corrected chi connectivity index (χ3v) is 3.64. The Kier molecular flexibility index (Phi) is 4.86. The highest BCUT2D eigenvalue weighted by atomic mass is 35.5. The molecule has 0 radical (unpaired) electrons. The van der Waals surface area contributed by atoms with Gasteiger partial charge in [-0.25, -0.2) is 4.79 Å². The van der Waals surface area contributed by atoms with Gasteiger partial charge in [-0.15, -0.1) is 0 Å². The molecule has 3 nitrogen and oxygen atoms in total. The zero-order valence-electron chi connectivity index (χ0n) is 12.0. The molecular weight excluding hydrogens is 288 g/mol. The van der Waals surface area contributed by atoms with E-state index in [4.69, 9.17) is 16.3 Å². The van der Waals surface area contributed by atoms with Gasteiger partial charge in [0.1, 0.15) is 5.75 Å². The summed E-state index contributed by atoms with van der Waals surface area (Å²) in [7, 11) is 0. The number of halogens is 1. The molecule has 0 saturated heterocycles. The molecule has 0 amide bonds. The standard InChI is InChI=1S/C17H17ClO3/c1-11-3-7-14(8-4-11)21-16(17(19)20)10-13-6-5-12(2)15(18)9-13/h3-9,16H,10H2,1-2H3,(H,19,20)/t16-/m1/s1. The summed E-state index contributed by atoms with van der Waals surface area (Å²) in [5.74, 6) is -0.446. The van der Waals surface area contributed by atoms with Gasteiger partial charge >= 0.3 is 5.97 Å². The van der Waals surface area contributed by atoms with Crippen LogP contribution < -0.4 is 4.74 Å². The summed E-state index contributed by atoms with van der Waals surface area (Å²) in [6.07, 6.45) is -0.671. The number of carboxylic acid groups (broad SMARTS) is 1. The molecule has 0 aliphatic heterocycles. The Bertz CT molecular complexity index is 635. The van der Waals surface area contributed by atoms with Crippen molar-refractivity contribution in [3.05, 3.63) is 64.2 Å². The van der Waals surface area contributed by atoms with Gasteiger partial charge < -0.3 is 9.84 Å². The molecule has 0 aromatic heterocycles. The maximum Gasteiger partial charge on any atom is 0.345 e. The van der Waals surface area contributed by atoms with Gasteiger partial charge in [0, 0.05) is 11.4 Å². The van der Waals surface area contributed by atoms with E-state index in [1.165, 1.54) is 0 Å². The molecule has 2 rings (SSSR count). The van der Waals surface area contributed by atoms with E-state index < -0.39 is 12.1 Å². The number of ether oxygens (including phenoxy) is 1. The topological polar surface area (TPSA) is 46.5 Å². The van der Waals surface area contributed by atoms with Crippen LogP contribution in [0.1, 0.15) is 16.7 Å². The summed E-state index contributed by atoms with van der Waals surface area (Å²) in [6.45, 7) is 3.87. The fourth-order valence-electron chi connectivity index (χ4n) is 1.94. The Hall–Kier alpha value is -2.00. The van der Waals surface area contributed by atoms with Crippen LogP contribution in [-0.4, -0.2) is 17.2 Å². The minimum Gasteiger partial charge on any atom is -0.478 e. The number of hydrogen-bond acceptors (Lipinski definition) is 2. The van der Waals surface area contributed by atoms with E-state index in [9.17, 15) is 9.90 Å². The van der Waals surface area contributed by atoms with Crippen molar-refractivity contribution in [2.75, 3.05) is 0 Å². The molecule has 0 bridgehead atoms. The number of rotatable bonds is 5. The Morgan fingerprint density at radius 3 is 2.43 bits per heavy atom. The number of hydrogen-bond donors (Lipinski definition) is 1. The van der Waals surface area contributed by atoms with Crippen molar-refractivity contribution in [2.45, 2.75) is 26.4 Å². The van der Waals surface area contributed by atoms with Crippen LogP contribution in [0.15, 0.2) is 42.5 Å². The van der Waals surface area contributed by atoms with Gasteiger partial charge in [0.25, 0.3) is 0 Å². The Labute approximate surface area is 129 Å². The van der Waals surface area contributed by atoms with Crippen molar-refractivity contribution >= 4 is 17.6 Å². The van der Waals surface area contributed by atoms with Crippen LogP contribution >= 0.6 is 11.6 Å². The normalized spacial score (nSPS) is 12.0. The van der Waals surface area contributed by atoms with Crippen molar-refractivity contribution in [3.8, 4) is 5.75 Å². The van der Waals surface area contributed by atoms with Crippen molar-refractivity contribution in [3.63, 3.8) is 0 Å². The SMILES string of the molecule is Cc1ccc(O[C@H](Cc2ccc(C)c(Cl)c2)C(=O)O)cc1. The smallest absolute Gasteiger partial charge is 0.345 e. The molecule has 0 aliphatic carbocycles. The third-order valence-electron chi connectivity index (χ3n) is 3.23. The Morgan fingerprint density at radius 1 is 1.19 bits per heavy atom. The van der Waals surface area contributed by atoms with E-state index in [2.05, 4.69) is 0 Å². The van der Waals surface area contributed by atoms with Gasteiger partial charge in [0.05, 0.1) is 0 Å². The zero-order chi connectivity index (χ0) is 15.4. The van der Waals surface area contributed by atoms with E-state index in [-0.39, 0.29) is 6.42 Å². The predicted molar refractivity (Wildman–Crippen MR) is 83.1 cm³/mol. The molecular formula is C17H17ClO3. The molecule has 110 valence electrons. The second-order valence-electron chi connectivity index (χ2n) is 5.05. The highest BCUT2D eigenvalue weighted by molar-refractivity contribution is 6.31. The number of benzene rings is 2. The van der Waals surface area contributed by atoms with Crippen LogP contribution in [0.25, 0.3) is 0 Å². The summed E-state index contributed by atoms with van der Waals surface area (Å²) in [5, 5.41) is 9.95. The number of aryl methyl sites for hydroxylation is 2. The summed E-state index contributed by atoms with van der Waals surface area (Å²) in [6, 6.07) is 12.8. The summed E-state index contributed by atoms with van der Waals surface area (Å²) in [5.41, 5.74) is 2.90. The monoisotopic (exact) mass is 304 g/mol. The Morgan fingerprint density at radius 2 is 1.86 bits per heavy atom. The first-order valence-electron chi connectivity index (χ1n) is 6.67. The molecule has 21 heavy (non-hydrogen) atoms. The van der Waals surface area contributed by atoms with Gasteiger partial charge in [-0.3, -0.25) is 0 Å². The van der Waals surface area contributed by atoms with E-state index >= 15 is 0 Å². The van der Waals surface area contributed by atoms with Crippen molar-refractivity contribution in [1.82, 2.24) is 0 Å². The highest BCUT2D eigenvalue weighted by Crippen LogP contribution is 2.20. The lowest BCUT2D eigenvalue weighted by molar-refractivity contribution is -0.145. The van der Waals surface area contributed by atoms with E-state index in [0.29, 0.717) is 10.8 Å². The van der Waals surface area contributed by atoms with E-state index in [1.54, 1.807) is 18.2 Å². The van der Waals surface area contributed by atoms with E-state index in [1.807, 2.05) is 38.1 Å². The fourth-order valence-corrected chi connectivity index (χ4v) is 2.14. The first-order valence-corrected chi connectivity index (χ1v) is 7.04. The number of carbonyl (C=O) groups is 1. The maximum atomic E-state index is 11.4. The second-order valence-corrected chi connectivity index (χ2v) is 5.45. The maximum absolute atomic E-state index is 11.4. The molecule has 1 N–H and O–H groups in total. The summed E-state index contributed by atoms with van der Waals surface area (Å²) in [4.78, 5) is 11.4. The molecule has 2 aromatic rings. The summed E-state index contributed by atoms with van der Waals surface area (Å²) < 4.78 is 5.56. The van der Waals surface area contributed by atoms with Crippen molar-refractivity contribution in [2.24, 2.45) is 0 Å². The fraction of sp³-hybridized carbons (Fsp3) is 0.235. The first-order chi connectivity index (χ1) is 9.95. The minimum absolute atomic E-state index is 0.267. The van der Waals surface area contributed by atoms with Crippen LogP contribution in [-0.2, 0) is 11.2 Å². The van der Waals surface area contributed by atoms with Crippen molar-refractivity contribution < 1.29 is 14.6 Å². The van der Waals surface area contributed by atoms with Gasteiger partial charge in [0.15, 0.2) is 6.10 Å². The predicted octanol–water partition coefficient (Wildman–Crippen LogP) is 4.03. The largest absolute Gasteiger partial charge is 0.478 e. The zero-order valence-corrected chi connectivity index (χ0v) is 12.7. The number of carboxylic acids is 1. The van der Waals surface area contributed by atoms with Crippen LogP contribution in [0.5, 0.6) is 5.75 Å². The van der Waals surface area contributed by atoms with Crippen molar-refractivity contribution in [1.29, 1.82) is 0 Å². The molecule has 0 heterocycles. The quantitative estimate of drug-likeness (QED) is 0.907. The summed E-state index contributed by atoms with van der Waals surface area (Å²) >= 11 is 6.07. The lowest BCUT2D eigenvalue weighted by atomic mass is 10.1. The molecule has 4 heteroatoms. The minimum atomic E-state index is -0.993. The lowest BCUT2D eigenvalue weighted by Crippen LogP contribution is -2.29. The molecule has 0 aliphatic rings. The highest BCUT2D eigenvalue weighted by Gasteiger charge is 2.20. The molecule has 0 spiro atoms.